The summed E-state index contributed by atoms with van der Waals surface area (Å²) in [6.07, 6.45) is 2.80. The Hall–Kier alpha value is -0.580. The number of rotatable bonds is 8. The first-order valence-electron chi connectivity index (χ1n) is 7.92. The maximum Gasteiger partial charge on any atom is 0.0835 e. The van der Waals surface area contributed by atoms with Gasteiger partial charge in [-0.05, 0) is 25.3 Å². The fourth-order valence-electron chi connectivity index (χ4n) is 2.66. The predicted molar refractivity (Wildman–Crippen MR) is 88.8 cm³/mol. The Balaban J connectivity index is 3.23. The molecule has 1 aromatic rings. The fraction of sp³-hybridized carbons (Fsp3) is 0.812. The SMILES string of the molecule is CCCn1ncc(Cl)c1C(NCC)C(OCC)C(C)(C)C. The summed E-state index contributed by atoms with van der Waals surface area (Å²) < 4.78 is 8.08. The molecule has 122 valence electrons. The summed E-state index contributed by atoms with van der Waals surface area (Å²) in [4.78, 5) is 0. The third kappa shape index (κ3) is 4.70. The van der Waals surface area contributed by atoms with Gasteiger partial charge in [-0.15, -0.1) is 0 Å². The summed E-state index contributed by atoms with van der Waals surface area (Å²) in [6.45, 7) is 15.3. The Morgan fingerprint density at radius 2 is 2.00 bits per heavy atom. The largest absolute Gasteiger partial charge is 0.376 e. The minimum Gasteiger partial charge on any atom is -0.376 e. The van der Waals surface area contributed by atoms with E-state index in [0.29, 0.717) is 11.6 Å². The van der Waals surface area contributed by atoms with Gasteiger partial charge in [-0.2, -0.15) is 5.10 Å². The average Bonchev–Trinajstić information content (AvgIpc) is 2.74. The van der Waals surface area contributed by atoms with Crippen LogP contribution in [0.4, 0.5) is 0 Å². The van der Waals surface area contributed by atoms with E-state index < -0.39 is 0 Å². The molecule has 2 atom stereocenters. The van der Waals surface area contributed by atoms with Crippen LogP contribution in [0, 0.1) is 5.41 Å². The summed E-state index contributed by atoms with van der Waals surface area (Å²) in [7, 11) is 0. The molecule has 1 heterocycles. The molecule has 2 unspecified atom stereocenters. The molecule has 0 spiro atoms. The summed E-state index contributed by atoms with van der Waals surface area (Å²) in [5.74, 6) is 0. The molecule has 0 bridgehead atoms. The molecule has 0 aliphatic heterocycles. The number of nitrogens with one attached hydrogen (secondary N) is 1. The smallest absolute Gasteiger partial charge is 0.0835 e. The van der Waals surface area contributed by atoms with Crippen molar-refractivity contribution in [3.63, 3.8) is 0 Å². The van der Waals surface area contributed by atoms with Crippen LogP contribution in [-0.4, -0.2) is 29.0 Å². The monoisotopic (exact) mass is 315 g/mol. The van der Waals surface area contributed by atoms with E-state index in [4.69, 9.17) is 16.3 Å². The normalized spacial score (nSPS) is 15.2. The second kappa shape index (κ2) is 8.16. The van der Waals surface area contributed by atoms with Crippen molar-refractivity contribution in [2.75, 3.05) is 13.2 Å². The number of halogens is 1. The first-order valence-corrected chi connectivity index (χ1v) is 8.30. The average molecular weight is 316 g/mol. The molecular formula is C16H30ClN3O. The van der Waals surface area contributed by atoms with Crippen molar-refractivity contribution >= 4 is 11.6 Å². The van der Waals surface area contributed by atoms with Gasteiger partial charge in [-0.3, -0.25) is 4.68 Å². The van der Waals surface area contributed by atoms with Crippen molar-refractivity contribution < 1.29 is 4.74 Å². The van der Waals surface area contributed by atoms with Crippen molar-refractivity contribution in [1.82, 2.24) is 15.1 Å². The van der Waals surface area contributed by atoms with Crippen LogP contribution in [0.1, 0.15) is 59.7 Å². The standard InChI is InChI=1S/C16H30ClN3O/c1-7-10-20-14(12(17)11-19-20)13(18-8-2)15(21-9-3)16(4,5)6/h11,13,15,18H,7-10H2,1-6H3. The van der Waals surface area contributed by atoms with E-state index >= 15 is 0 Å². The summed E-state index contributed by atoms with van der Waals surface area (Å²) in [6, 6.07) is 0.0384. The van der Waals surface area contributed by atoms with E-state index in [2.05, 4.69) is 45.0 Å². The molecule has 5 heteroatoms. The van der Waals surface area contributed by atoms with Crippen LogP contribution < -0.4 is 5.32 Å². The van der Waals surface area contributed by atoms with E-state index in [1.165, 1.54) is 0 Å². The van der Waals surface area contributed by atoms with Crippen LogP contribution in [0.3, 0.4) is 0 Å². The number of aromatic nitrogens is 2. The lowest BCUT2D eigenvalue weighted by molar-refractivity contribution is -0.0380. The van der Waals surface area contributed by atoms with Gasteiger partial charge in [-0.25, -0.2) is 0 Å². The van der Waals surface area contributed by atoms with Gasteiger partial charge in [0.15, 0.2) is 0 Å². The van der Waals surface area contributed by atoms with Gasteiger partial charge in [-0.1, -0.05) is 46.2 Å². The van der Waals surface area contributed by atoms with Crippen LogP contribution >= 0.6 is 11.6 Å². The lowest BCUT2D eigenvalue weighted by atomic mass is 9.83. The van der Waals surface area contributed by atoms with Crippen molar-refractivity contribution in [3.05, 3.63) is 16.9 Å². The zero-order chi connectivity index (χ0) is 16.0. The topological polar surface area (TPSA) is 39.1 Å². The molecule has 1 rings (SSSR count). The Morgan fingerprint density at radius 1 is 1.33 bits per heavy atom. The maximum atomic E-state index is 6.43. The van der Waals surface area contributed by atoms with Gasteiger partial charge in [0.2, 0.25) is 0 Å². The first kappa shape index (κ1) is 18.5. The lowest BCUT2D eigenvalue weighted by Gasteiger charge is -2.37. The molecular weight excluding hydrogens is 286 g/mol. The third-order valence-corrected chi connectivity index (χ3v) is 3.78. The van der Waals surface area contributed by atoms with Crippen molar-refractivity contribution in [3.8, 4) is 0 Å². The fourth-order valence-corrected chi connectivity index (χ4v) is 2.92. The minimum absolute atomic E-state index is 0.00743. The van der Waals surface area contributed by atoms with Gasteiger partial charge in [0.25, 0.3) is 0 Å². The second-order valence-corrected chi connectivity index (χ2v) is 6.79. The third-order valence-electron chi connectivity index (χ3n) is 3.49. The van der Waals surface area contributed by atoms with Gasteiger partial charge < -0.3 is 10.1 Å². The van der Waals surface area contributed by atoms with Gasteiger partial charge in [0.1, 0.15) is 0 Å². The molecule has 0 amide bonds. The zero-order valence-corrected chi connectivity index (χ0v) is 15.0. The Kier molecular flexibility index (Phi) is 7.17. The number of hydrogen-bond donors (Lipinski definition) is 1. The van der Waals surface area contributed by atoms with Crippen molar-refractivity contribution in [1.29, 1.82) is 0 Å². The molecule has 1 aromatic heterocycles. The van der Waals surface area contributed by atoms with E-state index in [1.54, 1.807) is 6.20 Å². The Labute approximate surface area is 134 Å². The molecule has 0 saturated carbocycles. The predicted octanol–water partition coefficient (Wildman–Crippen LogP) is 4.05. The van der Waals surface area contributed by atoms with Crippen LogP contribution in [0.25, 0.3) is 0 Å². The highest BCUT2D eigenvalue weighted by Gasteiger charge is 2.36. The molecule has 0 fully saturated rings. The van der Waals surface area contributed by atoms with Crippen LogP contribution in [-0.2, 0) is 11.3 Å². The minimum atomic E-state index is 0.00743. The number of ether oxygens (including phenoxy) is 1. The quantitative estimate of drug-likeness (QED) is 0.786. The van der Waals surface area contributed by atoms with Gasteiger partial charge in [0.05, 0.1) is 29.1 Å². The number of aryl methyl sites for hydroxylation is 1. The second-order valence-electron chi connectivity index (χ2n) is 6.38. The molecule has 0 aliphatic carbocycles. The molecule has 21 heavy (non-hydrogen) atoms. The maximum absolute atomic E-state index is 6.43. The van der Waals surface area contributed by atoms with E-state index in [9.17, 15) is 0 Å². The summed E-state index contributed by atoms with van der Waals surface area (Å²) in [5.41, 5.74) is 1.04. The summed E-state index contributed by atoms with van der Waals surface area (Å²) >= 11 is 6.43. The highest BCUT2D eigenvalue weighted by Crippen LogP contribution is 2.35. The number of hydrogen-bond acceptors (Lipinski definition) is 3. The van der Waals surface area contributed by atoms with Gasteiger partial charge in [0, 0.05) is 13.2 Å². The van der Waals surface area contributed by atoms with E-state index in [-0.39, 0.29) is 17.6 Å². The molecule has 0 saturated heterocycles. The van der Waals surface area contributed by atoms with Gasteiger partial charge >= 0.3 is 0 Å². The first-order chi connectivity index (χ1) is 9.86. The molecule has 4 nitrogen and oxygen atoms in total. The Bertz CT molecular complexity index is 426. The van der Waals surface area contributed by atoms with E-state index in [0.717, 1.165) is 25.2 Å². The van der Waals surface area contributed by atoms with Crippen LogP contribution in [0.15, 0.2) is 6.20 Å². The number of likely N-dealkylation sites (N-methyl/N-ethyl adjacent to an activating group) is 1. The van der Waals surface area contributed by atoms with Crippen LogP contribution in [0.2, 0.25) is 5.02 Å². The number of nitrogens with zero attached hydrogens (tertiary/aromatic N) is 2. The highest BCUT2D eigenvalue weighted by atomic mass is 35.5. The summed E-state index contributed by atoms with van der Waals surface area (Å²) in [5, 5.41) is 8.68. The Morgan fingerprint density at radius 3 is 2.48 bits per heavy atom. The highest BCUT2D eigenvalue weighted by molar-refractivity contribution is 6.31. The molecule has 0 radical (unpaired) electrons. The molecule has 0 aliphatic rings. The molecule has 0 aromatic carbocycles. The lowest BCUT2D eigenvalue weighted by Crippen LogP contribution is -2.43. The van der Waals surface area contributed by atoms with E-state index in [1.807, 2.05) is 11.6 Å². The van der Waals surface area contributed by atoms with Crippen LogP contribution in [0.5, 0.6) is 0 Å². The molecule has 1 N–H and O–H groups in total. The van der Waals surface area contributed by atoms with Crippen molar-refractivity contribution in [2.45, 2.75) is 66.7 Å². The zero-order valence-electron chi connectivity index (χ0n) is 14.2. The van der Waals surface area contributed by atoms with Crippen molar-refractivity contribution in [2.24, 2.45) is 5.41 Å².